The summed E-state index contributed by atoms with van der Waals surface area (Å²) < 4.78 is 10.4. The zero-order valence-corrected chi connectivity index (χ0v) is 71.1. The number of aromatic nitrogens is 2. The van der Waals surface area contributed by atoms with Gasteiger partial charge in [0.1, 0.15) is 65.3 Å². The van der Waals surface area contributed by atoms with Crippen LogP contribution < -0.4 is 58.5 Å². The molecule has 121 heavy (non-hydrogen) atoms. The normalized spacial score (nSPS) is 18.1. The van der Waals surface area contributed by atoms with E-state index in [1.807, 2.05) is 84.9 Å². The van der Waals surface area contributed by atoms with Gasteiger partial charge < -0.3 is 88.1 Å². The van der Waals surface area contributed by atoms with Crippen molar-refractivity contribution in [3.63, 3.8) is 0 Å². The number of phenolic OH excluding ortho intramolecular Hbond substituents is 1. The summed E-state index contributed by atoms with van der Waals surface area (Å²) in [6.07, 6.45) is -0.372. The maximum atomic E-state index is 15.5. The Bertz CT molecular complexity index is 4890. The topological polar surface area (TPSA) is 411 Å². The highest BCUT2D eigenvalue weighted by atomic mass is 33.1. The quantitative estimate of drug-likeness (QED) is 0.0114. The maximum Gasteiger partial charge on any atom is 0.408 e. The number of alkyl carbamates (subject to hydrolysis) is 2. The van der Waals surface area contributed by atoms with Crippen LogP contribution in [0.5, 0.6) is 5.75 Å². The van der Waals surface area contributed by atoms with Crippen LogP contribution in [0, 0.1) is 0 Å². The van der Waals surface area contributed by atoms with Crippen molar-refractivity contribution < 1.29 is 72.4 Å². The number of unbranched alkanes of at least 4 members (excludes halogenated alkanes) is 1. The van der Waals surface area contributed by atoms with Gasteiger partial charge in [-0.1, -0.05) is 191 Å². The zero-order valence-electron chi connectivity index (χ0n) is 68.7. The van der Waals surface area contributed by atoms with Crippen LogP contribution in [0.3, 0.4) is 0 Å². The van der Waals surface area contributed by atoms with E-state index in [1.165, 1.54) is 31.2 Å². The molecule has 0 spiro atoms. The number of thioether (sulfide) groups is 1. The van der Waals surface area contributed by atoms with Crippen molar-refractivity contribution in [2.45, 2.75) is 170 Å². The van der Waals surface area contributed by atoms with Crippen molar-refractivity contribution in [2.24, 2.45) is 0 Å². The molecule has 1 saturated heterocycles. The third-order valence-corrected chi connectivity index (χ3v) is 23.8. The van der Waals surface area contributed by atoms with Gasteiger partial charge in [0.25, 0.3) is 0 Å². The lowest BCUT2D eigenvalue weighted by Gasteiger charge is -2.35. The summed E-state index contributed by atoms with van der Waals surface area (Å²) >= 11 is 1.63. The Morgan fingerprint density at radius 2 is 1.00 bits per heavy atom. The van der Waals surface area contributed by atoms with E-state index >= 15 is 33.6 Å². The van der Waals surface area contributed by atoms with E-state index in [2.05, 4.69) is 105 Å². The Kier molecular flexibility index (Phi) is 33.2. The molecule has 1 aliphatic heterocycles. The number of aromatic hydroxyl groups is 1. The van der Waals surface area contributed by atoms with Crippen LogP contribution in [0.15, 0.2) is 207 Å². The number of hydrogen-bond donors (Lipinski definition) is 15. The first-order chi connectivity index (χ1) is 58.0. The lowest BCUT2D eigenvalue weighted by atomic mass is 9.84. The van der Waals surface area contributed by atoms with Crippen LogP contribution in [0.2, 0.25) is 0 Å². The maximum absolute atomic E-state index is 15.5. The average Bonchev–Trinajstić information content (AvgIpc) is 1.23. The highest BCUT2D eigenvalue weighted by Gasteiger charge is 2.40. The number of hydrogen-bond acceptors (Lipinski definition) is 18. The molecule has 3 heterocycles. The summed E-state index contributed by atoms with van der Waals surface area (Å²) in [6, 6.07) is 46.8. The molecule has 1 aliphatic rings. The second-order valence-corrected chi connectivity index (χ2v) is 35.4. The Balaban J connectivity index is 0.965. The molecule has 28 nitrogen and oxygen atoms in total. The smallest absolute Gasteiger partial charge is 0.408 e. The Labute approximate surface area is 715 Å². The molecule has 0 unspecified atom stereocenters. The number of carbonyl (C=O) groups is 11. The number of aliphatic hydroxyl groups is 1. The summed E-state index contributed by atoms with van der Waals surface area (Å²) in [4.78, 5) is 169. The van der Waals surface area contributed by atoms with Gasteiger partial charge in [-0.2, -0.15) is 0 Å². The van der Waals surface area contributed by atoms with E-state index in [0.29, 0.717) is 38.9 Å². The summed E-state index contributed by atoms with van der Waals surface area (Å²) in [6.45, 7) is 11.2. The monoisotopic (exact) mass is 1710 g/mol. The van der Waals surface area contributed by atoms with Crippen molar-refractivity contribution in [1.29, 1.82) is 0 Å². The van der Waals surface area contributed by atoms with E-state index < -0.39 is 130 Å². The van der Waals surface area contributed by atoms with Crippen molar-refractivity contribution >= 4 is 121 Å². The number of fused-ring (bicyclic) bond motifs is 2. The first-order valence-corrected chi connectivity index (χ1v) is 43.7. The fourth-order valence-corrected chi connectivity index (χ4v) is 17.7. The number of aromatic amines is 2. The molecule has 7 aromatic carbocycles. The molecular formula is C90H107N13O15S3. The molecule has 640 valence electrons. The number of carbonyl (C=O) groups excluding carboxylic acids is 11. The van der Waals surface area contributed by atoms with Gasteiger partial charge >= 0.3 is 12.2 Å². The van der Waals surface area contributed by atoms with Crippen LogP contribution in [-0.4, -0.2) is 188 Å². The minimum Gasteiger partial charge on any atom is -0.508 e. The second-order valence-electron chi connectivity index (χ2n) is 31.5. The molecule has 10 rings (SSSR count). The molecule has 0 saturated carbocycles. The van der Waals surface area contributed by atoms with Gasteiger partial charge in [0.15, 0.2) is 0 Å². The predicted octanol–water partition coefficient (Wildman–Crippen LogP) is 8.73. The molecule has 2 aromatic heterocycles. The lowest BCUT2D eigenvalue weighted by molar-refractivity contribution is -0.136. The van der Waals surface area contributed by atoms with Gasteiger partial charge in [-0.25, -0.2) is 9.59 Å². The standard InChI is InChI=1S/C90H107N13O15S3/c1-56(104)77-85(114)101-75(84(113)98-72(50-59-52-94-67-36-22-20-34-65(59)67)78(107)92-46-45-91-76(106)43-47-119-90(61-28-14-9-15-29-61,62-30-16-10-17-31-62)63-32-18-11-19-33-63)55-121-120-54-74(100-81(110)71(48-57-26-12-8-13-27-57)102-87(116)118-89(5,6)7)83(112)97-70(49-58-39-41-64(105)42-40-58)80(109)99-73(51-60-53-95-68-37-23-21-35-66(60)68)82(111)96-69(79(108)103-77)38-24-25-44-93-86(115)117-88(2,3)4/h8-23,26-37,39-42,52-53,56,69-75,77,94-95,104-105H,24-25,38,43-51,54-55H2,1-7H3,(H,91,106)(H,92,107)(H,93,115)(H,96,111)(H,97,112)(H,98,113)(H,99,109)(H,100,110)(H,101,114)(H,102,116)(H,103,108)/t56-,69+,70+,71-,72+,73-,74+,75+,77+/m1/s1. The number of para-hydroxylation sites is 2. The van der Waals surface area contributed by atoms with Crippen molar-refractivity contribution in [3.8, 4) is 5.75 Å². The van der Waals surface area contributed by atoms with Crippen molar-refractivity contribution in [3.05, 3.63) is 245 Å². The van der Waals surface area contributed by atoms with Crippen LogP contribution in [-0.2, 0) is 83.1 Å². The summed E-state index contributed by atoms with van der Waals surface area (Å²) in [7, 11) is 1.88. The van der Waals surface area contributed by atoms with Crippen molar-refractivity contribution in [1.82, 2.24) is 68.5 Å². The first-order valence-electron chi connectivity index (χ1n) is 40.3. The highest BCUT2D eigenvalue weighted by Crippen LogP contribution is 2.48. The zero-order chi connectivity index (χ0) is 86.6. The second kappa shape index (κ2) is 44.0. The van der Waals surface area contributed by atoms with Gasteiger partial charge in [-0.3, -0.25) is 43.2 Å². The minimum atomic E-state index is -1.86. The Morgan fingerprint density at radius 3 is 1.60 bits per heavy atom. The van der Waals surface area contributed by atoms with Crippen LogP contribution in [0.1, 0.15) is 113 Å². The Morgan fingerprint density at radius 1 is 0.496 bits per heavy atom. The number of nitrogens with one attached hydrogen (secondary N) is 13. The van der Waals surface area contributed by atoms with E-state index in [1.54, 1.807) is 114 Å². The largest absolute Gasteiger partial charge is 0.508 e. The highest BCUT2D eigenvalue weighted by molar-refractivity contribution is 8.76. The molecule has 11 amide bonds. The number of aliphatic hydroxyl groups excluding tert-OH is 1. The fraction of sp³-hybridized carbons (Fsp3) is 0.367. The Hall–Kier alpha value is -11.8. The summed E-state index contributed by atoms with van der Waals surface area (Å²) in [5.41, 5.74) is 4.90. The van der Waals surface area contributed by atoms with E-state index in [-0.39, 0.29) is 94.2 Å². The molecule has 0 aliphatic carbocycles. The third-order valence-electron chi connectivity index (χ3n) is 19.8. The molecule has 1 fully saturated rings. The summed E-state index contributed by atoms with van der Waals surface area (Å²) in [5, 5.41) is 54.0. The first kappa shape index (κ1) is 91.5. The van der Waals surface area contributed by atoms with Crippen LogP contribution >= 0.6 is 33.3 Å². The van der Waals surface area contributed by atoms with E-state index in [4.69, 9.17) is 9.47 Å². The van der Waals surface area contributed by atoms with Gasteiger partial charge in [0, 0.05) is 103 Å². The average molecular weight is 1710 g/mol. The molecule has 31 heteroatoms. The van der Waals surface area contributed by atoms with E-state index in [9.17, 15) is 29.4 Å². The van der Waals surface area contributed by atoms with Gasteiger partial charge in [-0.15, -0.1) is 11.8 Å². The lowest BCUT2D eigenvalue weighted by Crippen LogP contribution is -2.62. The third kappa shape index (κ3) is 27.4. The molecule has 9 aromatic rings. The number of ether oxygens (including phenoxy) is 2. The van der Waals surface area contributed by atoms with E-state index in [0.717, 1.165) is 49.2 Å². The van der Waals surface area contributed by atoms with Crippen LogP contribution in [0.25, 0.3) is 21.8 Å². The van der Waals surface area contributed by atoms with Gasteiger partial charge in [-0.05, 0) is 131 Å². The van der Waals surface area contributed by atoms with Crippen LogP contribution in [0.4, 0.5) is 9.59 Å². The number of benzene rings is 7. The number of rotatable bonds is 30. The summed E-state index contributed by atoms with van der Waals surface area (Å²) in [5.74, 6) is -8.03. The molecular weight excluding hydrogens is 1600 g/mol. The number of amides is 11. The fourth-order valence-electron chi connectivity index (χ4n) is 13.8. The van der Waals surface area contributed by atoms with Crippen molar-refractivity contribution in [2.75, 3.05) is 36.9 Å². The number of H-pyrrole nitrogens is 2. The molecule has 0 bridgehead atoms. The molecule has 9 atom stereocenters. The predicted molar refractivity (Wildman–Crippen MR) is 470 cm³/mol. The van der Waals surface area contributed by atoms with Gasteiger partial charge in [0.2, 0.25) is 53.2 Å². The molecule has 0 radical (unpaired) electrons. The SMILES string of the molecule is C[C@@H](O)[C@@H]1NC(=O)[C@H](CCCCNC(=O)OC(C)(C)C)NC(=O)[C@@H](Cc2c[nH]c3ccccc23)NC(=O)[C@H](Cc2ccc(O)cc2)NC(=O)[C@@H](NC(=O)[C@@H](Cc2ccccc2)NC(=O)OC(C)(C)C)CSSC[C@@H](C(=O)N[C@@H](Cc2c[nH]c3ccccc23)C(=O)NCCNC(=O)CCSC(c2ccccc2)(c2ccccc2)c2ccccc2)NC1=O. The number of phenols is 1. The molecule has 15 N–H and O–H groups in total. The van der Waals surface area contributed by atoms with Gasteiger partial charge in [0.05, 0.1) is 10.9 Å². The minimum absolute atomic E-state index is 0.00962.